The fourth-order valence-corrected chi connectivity index (χ4v) is 3.76. The van der Waals surface area contributed by atoms with Crippen LogP contribution in [0, 0.1) is 6.92 Å². The van der Waals surface area contributed by atoms with Crippen LogP contribution in [0.5, 0.6) is 0 Å². The molecule has 0 aliphatic heterocycles. The quantitative estimate of drug-likeness (QED) is 0.888. The summed E-state index contributed by atoms with van der Waals surface area (Å²) in [5.41, 5.74) is 1.28. The minimum Gasteiger partial charge on any atom is -0.360 e. The lowest BCUT2D eigenvalue weighted by Gasteiger charge is -2.26. The first-order valence-corrected chi connectivity index (χ1v) is 8.66. The van der Waals surface area contributed by atoms with Crippen LogP contribution in [-0.2, 0) is 0 Å². The Kier molecular flexibility index (Phi) is 3.50. The fourth-order valence-electron chi connectivity index (χ4n) is 2.89. The molecule has 2 unspecified atom stereocenters. The van der Waals surface area contributed by atoms with Crippen molar-refractivity contribution in [2.75, 3.05) is 5.32 Å². The highest BCUT2D eigenvalue weighted by Crippen LogP contribution is 2.43. The van der Waals surface area contributed by atoms with Gasteiger partial charge >= 0.3 is 0 Å². The van der Waals surface area contributed by atoms with Gasteiger partial charge in [0.1, 0.15) is 5.76 Å². The van der Waals surface area contributed by atoms with Crippen molar-refractivity contribution in [2.45, 2.75) is 50.6 Å². The van der Waals surface area contributed by atoms with E-state index in [0.717, 1.165) is 10.9 Å². The molecule has 2 saturated carbocycles. The summed E-state index contributed by atoms with van der Waals surface area (Å²) in [7, 11) is 0. The zero-order valence-corrected chi connectivity index (χ0v) is 13.3. The SMILES string of the molecule is Cc1cc(NC(=O)c2cc(C3CC3NC3CCC3)cs2)no1. The maximum absolute atomic E-state index is 12.2. The standard InChI is InChI=1S/C16H19N3O2S/c1-9-5-15(19-21-9)18-16(20)14-6-10(8-22-14)12-7-13(12)17-11-3-2-4-11/h5-6,8,11-13,17H,2-4,7H2,1H3,(H,18,19,20). The Bertz CT molecular complexity index is 689. The second kappa shape index (κ2) is 5.52. The van der Waals surface area contributed by atoms with Gasteiger partial charge < -0.3 is 15.2 Å². The molecule has 0 aromatic carbocycles. The number of hydrogen-bond acceptors (Lipinski definition) is 5. The number of carbonyl (C=O) groups is 1. The van der Waals surface area contributed by atoms with E-state index in [1.165, 1.54) is 42.6 Å². The van der Waals surface area contributed by atoms with E-state index in [4.69, 9.17) is 4.52 Å². The summed E-state index contributed by atoms with van der Waals surface area (Å²) in [6.07, 6.45) is 5.19. The molecule has 5 nitrogen and oxygen atoms in total. The van der Waals surface area contributed by atoms with Gasteiger partial charge in [-0.05, 0) is 43.2 Å². The van der Waals surface area contributed by atoms with Gasteiger partial charge in [0.05, 0.1) is 4.88 Å². The summed E-state index contributed by atoms with van der Waals surface area (Å²) >= 11 is 1.49. The number of hydrogen-bond donors (Lipinski definition) is 2. The second-order valence-corrected chi connectivity index (χ2v) is 7.18. The Balaban J connectivity index is 1.36. The smallest absolute Gasteiger partial charge is 0.266 e. The van der Waals surface area contributed by atoms with E-state index >= 15 is 0 Å². The highest BCUT2D eigenvalue weighted by Gasteiger charge is 2.40. The largest absolute Gasteiger partial charge is 0.360 e. The van der Waals surface area contributed by atoms with E-state index in [0.29, 0.717) is 23.5 Å². The van der Waals surface area contributed by atoms with E-state index in [2.05, 4.69) is 21.2 Å². The van der Waals surface area contributed by atoms with Crippen molar-refractivity contribution in [3.05, 3.63) is 33.7 Å². The summed E-state index contributed by atoms with van der Waals surface area (Å²) in [5.74, 6) is 1.61. The minimum absolute atomic E-state index is 0.117. The second-order valence-electron chi connectivity index (χ2n) is 6.26. The van der Waals surface area contributed by atoms with Gasteiger partial charge in [-0.25, -0.2) is 0 Å². The first-order chi connectivity index (χ1) is 10.7. The van der Waals surface area contributed by atoms with Crippen molar-refractivity contribution in [3.63, 3.8) is 0 Å². The van der Waals surface area contributed by atoms with Gasteiger partial charge in [-0.3, -0.25) is 4.79 Å². The Morgan fingerprint density at radius 2 is 2.27 bits per heavy atom. The number of anilines is 1. The van der Waals surface area contributed by atoms with Crippen molar-refractivity contribution in [2.24, 2.45) is 0 Å². The number of amides is 1. The lowest BCUT2D eigenvalue weighted by molar-refractivity contribution is 0.102. The molecule has 2 aromatic heterocycles. The third kappa shape index (κ3) is 2.80. The fraction of sp³-hybridized carbons (Fsp3) is 0.500. The molecule has 2 aliphatic carbocycles. The molecule has 2 aromatic rings. The predicted molar refractivity (Wildman–Crippen MR) is 85.4 cm³/mol. The molecule has 0 bridgehead atoms. The predicted octanol–water partition coefficient (Wildman–Crippen LogP) is 3.29. The molecule has 4 rings (SSSR count). The van der Waals surface area contributed by atoms with Gasteiger partial charge in [-0.1, -0.05) is 11.6 Å². The van der Waals surface area contributed by atoms with Crippen molar-refractivity contribution >= 4 is 23.1 Å². The average molecular weight is 317 g/mol. The Morgan fingerprint density at radius 1 is 1.41 bits per heavy atom. The molecule has 0 radical (unpaired) electrons. The minimum atomic E-state index is -0.117. The normalized spacial score (nSPS) is 24.0. The maximum atomic E-state index is 12.2. The van der Waals surface area contributed by atoms with E-state index in [9.17, 15) is 4.79 Å². The van der Waals surface area contributed by atoms with Gasteiger partial charge in [0.15, 0.2) is 5.82 Å². The molecule has 22 heavy (non-hydrogen) atoms. The van der Waals surface area contributed by atoms with Crippen LogP contribution in [-0.4, -0.2) is 23.1 Å². The molecular weight excluding hydrogens is 298 g/mol. The lowest BCUT2D eigenvalue weighted by atomic mass is 9.93. The number of nitrogens with one attached hydrogen (secondary N) is 2. The first-order valence-electron chi connectivity index (χ1n) is 7.78. The van der Waals surface area contributed by atoms with Crippen LogP contribution in [0.4, 0.5) is 5.82 Å². The summed E-state index contributed by atoms with van der Waals surface area (Å²) in [6.45, 7) is 1.80. The molecule has 2 heterocycles. The van der Waals surface area contributed by atoms with Crippen molar-refractivity contribution in [1.29, 1.82) is 0 Å². The van der Waals surface area contributed by atoms with E-state index in [-0.39, 0.29) is 5.91 Å². The van der Waals surface area contributed by atoms with Crippen LogP contribution >= 0.6 is 11.3 Å². The lowest BCUT2D eigenvalue weighted by Crippen LogP contribution is -2.37. The Hall–Kier alpha value is -1.66. The molecule has 2 atom stereocenters. The summed E-state index contributed by atoms with van der Waals surface area (Å²) in [5, 5.41) is 12.4. The van der Waals surface area contributed by atoms with Crippen LogP contribution in [0.25, 0.3) is 0 Å². The van der Waals surface area contributed by atoms with Gasteiger partial charge in [0, 0.05) is 24.1 Å². The number of aromatic nitrogens is 1. The van der Waals surface area contributed by atoms with Gasteiger partial charge in [-0.15, -0.1) is 11.3 Å². The maximum Gasteiger partial charge on any atom is 0.266 e. The van der Waals surface area contributed by atoms with E-state index in [1.54, 1.807) is 13.0 Å². The number of nitrogens with zero attached hydrogens (tertiary/aromatic N) is 1. The molecule has 0 spiro atoms. The van der Waals surface area contributed by atoms with Crippen molar-refractivity contribution in [3.8, 4) is 0 Å². The molecule has 0 saturated heterocycles. The molecule has 116 valence electrons. The third-order valence-corrected chi connectivity index (χ3v) is 5.43. The number of carbonyl (C=O) groups excluding carboxylic acids is 1. The topological polar surface area (TPSA) is 67.2 Å². The van der Waals surface area contributed by atoms with E-state index in [1.807, 2.05) is 6.07 Å². The van der Waals surface area contributed by atoms with Crippen LogP contribution in [0.2, 0.25) is 0 Å². The summed E-state index contributed by atoms with van der Waals surface area (Å²) in [6, 6.07) is 5.06. The first kappa shape index (κ1) is 14.0. The van der Waals surface area contributed by atoms with Crippen molar-refractivity contribution in [1.82, 2.24) is 10.5 Å². The van der Waals surface area contributed by atoms with Crippen LogP contribution in [0.3, 0.4) is 0 Å². The highest BCUT2D eigenvalue weighted by molar-refractivity contribution is 7.12. The van der Waals surface area contributed by atoms with Crippen molar-refractivity contribution < 1.29 is 9.32 Å². The van der Waals surface area contributed by atoms with Crippen LogP contribution in [0.15, 0.2) is 22.0 Å². The number of rotatable bonds is 5. The monoisotopic (exact) mass is 317 g/mol. The van der Waals surface area contributed by atoms with Crippen LogP contribution in [0.1, 0.15) is 52.6 Å². The molecule has 2 aliphatic rings. The molecule has 6 heteroatoms. The average Bonchev–Trinajstić information content (AvgIpc) is 2.84. The Labute approximate surface area is 133 Å². The molecular formula is C16H19N3O2S. The van der Waals surface area contributed by atoms with Gasteiger partial charge in [0.2, 0.25) is 0 Å². The Morgan fingerprint density at radius 3 is 2.95 bits per heavy atom. The molecule has 2 N–H and O–H groups in total. The summed E-state index contributed by atoms with van der Waals surface area (Å²) < 4.78 is 4.95. The molecule has 1 amide bonds. The number of aryl methyl sites for hydroxylation is 1. The number of thiophene rings is 1. The summed E-state index contributed by atoms with van der Waals surface area (Å²) in [4.78, 5) is 12.9. The van der Waals surface area contributed by atoms with E-state index < -0.39 is 0 Å². The third-order valence-electron chi connectivity index (χ3n) is 4.49. The zero-order chi connectivity index (χ0) is 15.1. The highest BCUT2D eigenvalue weighted by atomic mass is 32.1. The van der Waals surface area contributed by atoms with Gasteiger partial charge in [0.25, 0.3) is 5.91 Å². The van der Waals surface area contributed by atoms with Gasteiger partial charge in [-0.2, -0.15) is 0 Å². The van der Waals surface area contributed by atoms with Crippen LogP contribution < -0.4 is 10.6 Å². The zero-order valence-electron chi connectivity index (χ0n) is 12.5. The molecule has 2 fully saturated rings.